The molecule has 0 atom stereocenters. The van der Waals surface area contributed by atoms with Crippen molar-refractivity contribution < 1.29 is 0 Å². The minimum absolute atomic E-state index is 0.932. The highest BCUT2D eigenvalue weighted by Gasteiger charge is 1.94. The average molecular weight is 178 g/mol. The van der Waals surface area contributed by atoms with Gasteiger partial charge in [0.25, 0.3) is 0 Å². The molecule has 60 valence electrons. The van der Waals surface area contributed by atoms with Crippen molar-refractivity contribution in [1.29, 1.82) is 0 Å². The first-order valence-electron chi connectivity index (χ1n) is 3.39. The number of rotatable bonds is 2. The van der Waals surface area contributed by atoms with E-state index in [0.29, 0.717) is 0 Å². The molecule has 0 radical (unpaired) electrons. The maximum Gasteiger partial charge on any atom is 0.134 e. The summed E-state index contributed by atoms with van der Waals surface area (Å²) < 4.78 is 3.73. The molecule has 0 unspecified atom stereocenters. The summed E-state index contributed by atoms with van der Waals surface area (Å²) in [5.41, 5.74) is 0.996. The van der Waals surface area contributed by atoms with Gasteiger partial charge in [0.2, 0.25) is 0 Å². The van der Waals surface area contributed by atoms with Crippen LogP contribution in [0.5, 0.6) is 0 Å². The van der Waals surface area contributed by atoms with Crippen molar-refractivity contribution in [3.8, 4) is 0 Å². The van der Waals surface area contributed by atoms with E-state index in [2.05, 4.69) is 19.9 Å². The van der Waals surface area contributed by atoms with Crippen molar-refractivity contribution in [2.45, 2.75) is 0 Å². The first-order valence-corrected chi connectivity index (χ1v) is 4.17. The molecule has 1 N–H and O–H groups in total. The van der Waals surface area contributed by atoms with E-state index in [4.69, 9.17) is 0 Å². The zero-order chi connectivity index (χ0) is 8.23. The van der Waals surface area contributed by atoms with Crippen molar-refractivity contribution in [2.75, 3.05) is 5.32 Å². The van der Waals surface area contributed by atoms with Crippen molar-refractivity contribution in [2.24, 2.45) is 0 Å². The fourth-order valence-electron chi connectivity index (χ4n) is 0.800. The van der Waals surface area contributed by atoms with Crippen LogP contribution in [-0.2, 0) is 0 Å². The summed E-state index contributed by atoms with van der Waals surface area (Å²) in [5.74, 6) is 0. The van der Waals surface area contributed by atoms with Crippen molar-refractivity contribution in [1.82, 2.24) is 14.6 Å². The number of pyridine rings is 1. The second-order valence-corrected chi connectivity index (χ2v) is 2.93. The molecule has 2 aromatic rings. The third-order valence-corrected chi connectivity index (χ3v) is 1.89. The van der Waals surface area contributed by atoms with E-state index in [0.717, 1.165) is 10.7 Å². The highest BCUT2D eigenvalue weighted by atomic mass is 32.1. The largest absolute Gasteiger partial charge is 0.345 e. The van der Waals surface area contributed by atoms with Crippen molar-refractivity contribution >= 4 is 22.2 Å². The molecule has 4 nitrogen and oxygen atoms in total. The molecule has 0 bridgehead atoms. The lowest BCUT2D eigenvalue weighted by Crippen LogP contribution is -1.85. The van der Waals surface area contributed by atoms with E-state index in [1.807, 2.05) is 12.1 Å². The summed E-state index contributed by atoms with van der Waals surface area (Å²) in [4.78, 5) is 3.91. The Kier molecular flexibility index (Phi) is 1.96. The third kappa shape index (κ3) is 1.57. The second-order valence-electron chi connectivity index (χ2n) is 2.14. The molecule has 12 heavy (non-hydrogen) atoms. The van der Waals surface area contributed by atoms with Gasteiger partial charge >= 0.3 is 0 Å². The van der Waals surface area contributed by atoms with Crippen molar-refractivity contribution in [3.05, 3.63) is 30.7 Å². The Morgan fingerprint density at radius 3 is 2.75 bits per heavy atom. The van der Waals surface area contributed by atoms with Crippen LogP contribution in [0.4, 0.5) is 10.7 Å². The maximum absolute atomic E-state index is 3.91. The molecular weight excluding hydrogens is 172 g/mol. The van der Waals surface area contributed by atoms with E-state index >= 15 is 0 Å². The Bertz CT molecular complexity index is 332. The zero-order valence-electron chi connectivity index (χ0n) is 6.14. The van der Waals surface area contributed by atoms with Gasteiger partial charge in [0.15, 0.2) is 0 Å². The number of hydrogen-bond acceptors (Lipinski definition) is 5. The summed E-state index contributed by atoms with van der Waals surface area (Å²) >= 11 is 1.33. The predicted molar refractivity (Wildman–Crippen MR) is 47.4 cm³/mol. The highest BCUT2D eigenvalue weighted by Crippen LogP contribution is 2.16. The Hall–Kier alpha value is -1.49. The minimum atomic E-state index is 0.932. The lowest BCUT2D eigenvalue weighted by atomic mass is 10.4. The molecular formula is C7H6N4S. The van der Waals surface area contributed by atoms with Crippen LogP contribution in [0.1, 0.15) is 0 Å². The summed E-state index contributed by atoms with van der Waals surface area (Å²) in [7, 11) is 0. The van der Waals surface area contributed by atoms with Gasteiger partial charge in [-0.15, -0.1) is 5.10 Å². The smallest absolute Gasteiger partial charge is 0.134 e. The van der Waals surface area contributed by atoms with Crippen LogP contribution < -0.4 is 5.32 Å². The lowest BCUT2D eigenvalue weighted by Gasteiger charge is -1.99. The topological polar surface area (TPSA) is 50.7 Å². The number of nitrogens with one attached hydrogen (secondary N) is 1. The standard InChI is InChI=1S/C7H6N4S/c1-3-8-4-2-6(1)10-7-5-9-11-12-7/h1-5H,(H,8,10). The third-order valence-electron chi connectivity index (χ3n) is 1.31. The highest BCUT2D eigenvalue weighted by molar-refractivity contribution is 7.09. The van der Waals surface area contributed by atoms with Gasteiger partial charge in [-0.3, -0.25) is 4.98 Å². The van der Waals surface area contributed by atoms with Crippen molar-refractivity contribution in [3.63, 3.8) is 0 Å². The first kappa shape index (κ1) is 7.17. The SMILES string of the molecule is c1cc(Nc2cnns2)ccn1. The van der Waals surface area contributed by atoms with Crippen LogP contribution in [0.2, 0.25) is 0 Å². The molecule has 0 aliphatic heterocycles. The van der Waals surface area contributed by atoms with Crippen LogP contribution in [-0.4, -0.2) is 14.6 Å². The monoisotopic (exact) mass is 178 g/mol. The van der Waals surface area contributed by atoms with Gasteiger partial charge < -0.3 is 5.32 Å². The van der Waals surface area contributed by atoms with E-state index in [1.165, 1.54) is 11.5 Å². The van der Waals surface area contributed by atoms with E-state index in [-0.39, 0.29) is 0 Å². The molecule has 0 saturated carbocycles. The Morgan fingerprint density at radius 1 is 1.25 bits per heavy atom. The van der Waals surface area contributed by atoms with Crippen LogP contribution in [0.25, 0.3) is 0 Å². The maximum atomic E-state index is 3.91. The number of aromatic nitrogens is 3. The number of hydrogen-bond donors (Lipinski definition) is 1. The number of anilines is 2. The Morgan fingerprint density at radius 2 is 2.08 bits per heavy atom. The summed E-state index contributed by atoms with van der Waals surface area (Å²) in [6.45, 7) is 0. The predicted octanol–water partition coefficient (Wildman–Crippen LogP) is 1.68. The Labute approximate surface area is 73.4 Å². The molecule has 0 aromatic carbocycles. The fraction of sp³-hybridized carbons (Fsp3) is 0. The first-order chi connectivity index (χ1) is 5.95. The number of nitrogens with zero attached hydrogens (tertiary/aromatic N) is 3. The fourth-order valence-corrected chi connectivity index (χ4v) is 1.24. The van der Waals surface area contributed by atoms with Gasteiger partial charge in [0, 0.05) is 29.6 Å². The molecule has 0 fully saturated rings. The van der Waals surface area contributed by atoms with Gasteiger partial charge in [0.1, 0.15) is 5.00 Å². The lowest BCUT2D eigenvalue weighted by molar-refractivity contribution is 1.16. The average Bonchev–Trinajstić information content (AvgIpc) is 2.59. The molecule has 2 rings (SSSR count). The quantitative estimate of drug-likeness (QED) is 0.760. The molecule has 5 heteroatoms. The summed E-state index contributed by atoms with van der Waals surface area (Å²) in [6.07, 6.45) is 5.15. The van der Waals surface area contributed by atoms with E-state index < -0.39 is 0 Å². The summed E-state index contributed by atoms with van der Waals surface area (Å²) in [6, 6.07) is 3.78. The minimum Gasteiger partial charge on any atom is -0.345 e. The van der Waals surface area contributed by atoms with Gasteiger partial charge in [0.05, 0.1) is 6.20 Å². The van der Waals surface area contributed by atoms with E-state index in [1.54, 1.807) is 18.6 Å². The van der Waals surface area contributed by atoms with Gasteiger partial charge in [-0.1, -0.05) is 4.49 Å². The molecule has 2 heterocycles. The Balaban J connectivity index is 2.15. The van der Waals surface area contributed by atoms with Crippen LogP contribution in [0, 0.1) is 0 Å². The van der Waals surface area contributed by atoms with Crippen LogP contribution in [0.15, 0.2) is 30.7 Å². The summed E-state index contributed by atoms with van der Waals surface area (Å²) in [5, 5.41) is 7.78. The molecule has 0 aliphatic carbocycles. The van der Waals surface area contributed by atoms with Crippen LogP contribution >= 0.6 is 11.5 Å². The second kappa shape index (κ2) is 3.27. The van der Waals surface area contributed by atoms with Gasteiger partial charge in [-0.2, -0.15) is 0 Å². The van der Waals surface area contributed by atoms with E-state index in [9.17, 15) is 0 Å². The molecule has 0 saturated heterocycles. The normalized spacial score (nSPS) is 9.67. The molecule has 0 amide bonds. The zero-order valence-corrected chi connectivity index (χ0v) is 6.95. The van der Waals surface area contributed by atoms with Crippen LogP contribution in [0.3, 0.4) is 0 Å². The molecule has 2 aromatic heterocycles. The van der Waals surface area contributed by atoms with Gasteiger partial charge in [-0.25, -0.2) is 0 Å². The molecule has 0 aliphatic rings. The van der Waals surface area contributed by atoms with Gasteiger partial charge in [-0.05, 0) is 12.1 Å². The molecule has 0 spiro atoms.